The minimum atomic E-state index is -4.49. The van der Waals surface area contributed by atoms with Crippen LogP contribution < -0.4 is 19.5 Å². The number of methoxy groups -OCH3 is 1. The highest BCUT2D eigenvalue weighted by Gasteiger charge is 2.28. The lowest BCUT2D eigenvalue weighted by Gasteiger charge is -2.12. The number of halogens is 3. The van der Waals surface area contributed by atoms with E-state index in [9.17, 15) is 26.4 Å². The van der Waals surface area contributed by atoms with Gasteiger partial charge in [-0.25, -0.2) is 13.4 Å². The number of nitrogens with one attached hydrogen (secondary N) is 2. The smallest absolute Gasteiger partial charge is 0.422 e. The molecule has 0 unspecified atom stereocenters. The average Bonchev–Trinajstić information content (AvgIpc) is 2.78. The normalized spacial score (nSPS) is 11.5. The summed E-state index contributed by atoms with van der Waals surface area (Å²) in [6.07, 6.45) is -3.35. The summed E-state index contributed by atoms with van der Waals surface area (Å²) in [5, 5.41) is 2.51. The van der Waals surface area contributed by atoms with E-state index < -0.39 is 28.7 Å². The fourth-order valence-electron chi connectivity index (χ4n) is 2.62. The molecule has 33 heavy (non-hydrogen) atoms. The van der Waals surface area contributed by atoms with E-state index in [1.165, 1.54) is 43.5 Å². The Labute approximate surface area is 187 Å². The molecular formula is C21H18F3N3O5S. The van der Waals surface area contributed by atoms with Crippen molar-refractivity contribution in [3.63, 3.8) is 0 Å². The molecule has 12 heteroatoms. The summed E-state index contributed by atoms with van der Waals surface area (Å²) in [5.74, 6) is -0.467. The van der Waals surface area contributed by atoms with E-state index in [1.54, 1.807) is 24.3 Å². The molecule has 0 aliphatic heterocycles. The fourth-order valence-corrected chi connectivity index (χ4v) is 3.69. The molecule has 2 aromatic carbocycles. The van der Waals surface area contributed by atoms with Gasteiger partial charge in [-0.15, -0.1) is 0 Å². The van der Waals surface area contributed by atoms with Gasteiger partial charge in [0.05, 0.1) is 29.6 Å². The molecule has 0 fully saturated rings. The number of hydrogen-bond donors (Lipinski definition) is 2. The molecule has 3 rings (SSSR count). The monoisotopic (exact) mass is 481 g/mol. The number of anilines is 2. The van der Waals surface area contributed by atoms with Crippen molar-refractivity contribution in [2.75, 3.05) is 23.8 Å². The van der Waals surface area contributed by atoms with Crippen molar-refractivity contribution in [2.45, 2.75) is 11.1 Å². The van der Waals surface area contributed by atoms with E-state index in [2.05, 4.69) is 19.8 Å². The van der Waals surface area contributed by atoms with Gasteiger partial charge in [0.25, 0.3) is 15.9 Å². The zero-order valence-electron chi connectivity index (χ0n) is 17.1. The van der Waals surface area contributed by atoms with Crippen LogP contribution in [0.4, 0.5) is 24.5 Å². The highest BCUT2D eigenvalue weighted by Crippen LogP contribution is 2.26. The van der Waals surface area contributed by atoms with Crippen LogP contribution in [-0.4, -0.2) is 39.2 Å². The van der Waals surface area contributed by atoms with E-state index in [0.717, 1.165) is 6.20 Å². The summed E-state index contributed by atoms with van der Waals surface area (Å²) in [7, 11) is -2.52. The van der Waals surface area contributed by atoms with E-state index in [-0.39, 0.29) is 27.7 Å². The number of rotatable bonds is 8. The second-order valence-corrected chi connectivity index (χ2v) is 8.26. The first-order chi connectivity index (χ1) is 15.6. The largest absolute Gasteiger partial charge is 0.495 e. The van der Waals surface area contributed by atoms with Crippen molar-refractivity contribution in [2.24, 2.45) is 0 Å². The number of ether oxygens (including phenoxy) is 2. The average molecular weight is 481 g/mol. The molecule has 2 N–H and O–H groups in total. The predicted molar refractivity (Wildman–Crippen MR) is 114 cm³/mol. The molecule has 0 radical (unpaired) electrons. The summed E-state index contributed by atoms with van der Waals surface area (Å²) >= 11 is 0. The Hall–Kier alpha value is -3.80. The molecule has 0 saturated heterocycles. The number of carbonyl (C=O) groups excluding carboxylic acids is 1. The van der Waals surface area contributed by atoms with Gasteiger partial charge in [-0.3, -0.25) is 9.52 Å². The van der Waals surface area contributed by atoms with Gasteiger partial charge in [0, 0.05) is 11.6 Å². The maximum absolute atomic E-state index is 12.6. The number of aromatic nitrogens is 1. The molecule has 1 heterocycles. The van der Waals surface area contributed by atoms with Crippen LogP contribution in [0.25, 0.3) is 0 Å². The minimum Gasteiger partial charge on any atom is -0.495 e. The number of para-hydroxylation sites is 2. The van der Waals surface area contributed by atoms with Crippen LogP contribution in [0.2, 0.25) is 0 Å². The van der Waals surface area contributed by atoms with Crippen LogP contribution >= 0.6 is 0 Å². The zero-order chi connectivity index (χ0) is 24.1. The summed E-state index contributed by atoms with van der Waals surface area (Å²) in [5.41, 5.74) is 0.634. The molecule has 1 aromatic heterocycles. The third-order valence-corrected chi connectivity index (χ3v) is 5.54. The highest BCUT2D eigenvalue weighted by atomic mass is 32.2. The van der Waals surface area contributed by atoms with Crippen molar-refractivity contribution in [1.29, 1.82) is 0 Å². The standard InChI is InChI=1S/C21H18F3N3O5S/c1-31-18-5-3-2-4-17(18)27-33(29,30)16-9-6-14(7-10-16)20(28)26-15-8-11-19(25-12-15)32-13-21(22,23)24/h2-12,27H,13H2,1H3,(H,26,28). The Morgan fingerprint density at radius 2 is 1.73 bits per heavy atom. The molecule has 0 bridgehead atoms. The van der Waals surface area contributed by atoms with Crippen LogP contribution in [0.5, 0.6) is 11.6 Å². The van der Waals surface area contributed by atoms with Gasteiger partial charge in [0.1, 0.15) is 5.75 Å². The van der Waals surface area contributed by atoms with Crippen molar-refractivity contribution in [3.8, 4) is 11.6 Å². The molecule has 3 aromatic rings. The van der Waals surface area contributed by atoms with Crippen LogP contribution in [0, 0.1) is 0 Å². The van der Waals surface area contributed by atoms with Gasteiger partial charge >= 0.3 is 6.18 Å². The number of alkyl halides is 3. The Balaban J connectivity index is 1.65. The number of carbonyl (C=O) groups is 1. The van der Waals surface area contributed by atoms with Crippen molar-refractivity contribution < 1.29 is 35.9 Å². The van der Waals surface area contributed by atoms with E-state index in [0.29, 0.717) is 5.75 Å². The maximum Gasteiger partial charge on any atom is 0.422 e. The Kier molecular flexibility index (Phi) is 7.07. The molecular weight excluding hydrogens is 463 g/mol. The Morgan fingerprint density at radius 1 is 1.03 bits per heavy atom. The maximum atomic E-state index is 12.6. The van der Waals surface area contributed by atoms with Crippen LogP contribution in [-0.2, 0) is 10.0 Å². The van der Waals surface area contributed by atoms with Gasteiger partial charge < -0.3 is 14.8 Å². The second kappa shape index (κ2) is 9.77. The molecule has 174 valence electrons. The fraction of sp³-hybridized carbons (Fsp3) is 0.143. The first-order valence-electron chi connectivity index (χ1n) is 9.30. The highest BCUT2D eigenvalue weighted by molar-refractivity contribution is 7.92. The number of pyridine rings is 1. The third kappa shape index (κ3) is 6.59. The zero-order valence-corrected chi connectivity index (χ0v) is 17.9. The molecule has 0 saturated carbocycles. The van der Waals surface area contributed by atoms with Crippen LogP contribution in [0.1, 0.15) is 10.4 Å². The van der Waals surface area contributed by atoms with Gasteiger partial charge in [-0.1, -0.05) is 12.1 Å². The molecule has 0 aliphatic rings. The molecule has 0 aliphatic carbocycles. The molecule has 1 amide bonds. The number of amides is 1. The second-order valence-electron chi connectivity index (χ2n) is 6.57. The SMILES string of the molecule is COc1ccccc1NS(=O)(=O)c1ccc(C(=O)Nc2ccc(OCC(F)(F)F)nc2)cc1. The lowest BCUT2D eigenvalue weighted by atomic mass is 10.2. The molecule has 0 spiro atoms. The van der Waals surface area contributed by atoms with Gasteiger partial charge in [0.15, 0.2) is 6.61 Å². The topological polar surface area (TPSA) is 107 Å². The summed E-state index contributed by atoms with van der Waals surface area (Å²) in [6, 6.07) is 14.2. The van der Waals surface area contributed by atoms with E-state index in [1.807, 2.05) is 0 Å². The van der Waals surface area contributed by atoms with Gasteiger partial charge in [0.2, 0.25) is 5.88 Å². The molecule has 0 atom stereocenters. The van der Waals surface area contributed by atoms with E-state index >= 15 is 0 Å². The Morgan fingerprint density at radius 3 is 2.33 bits per heavy atom. The first-order valence-corrected chi connectivity index (χ1v) is 10.8. The Bertz CT molecular complexity index is 1220. The van der Waals surface area contributed by atoms with Gasteiger partial charge in [-0.05, 0) is 42.5 Å². The van der Waals surface area contributed by atoms with Crippen molar-refractivity contribution in [1.82, 2.24) is 4.98 Å². The summed E-state index contributed by atoms with van der Waals surface area (Å²) in [6.45, 7) is -1.48. The lowest BCUT2D eigenvalue weighted by Crippen LogP contribution is -2.19. The number of nitrogens with zero attached hydrogens (tertiary/aromatic N) is 1. The predicted octanol–water partition coefficient (Wildman–Crippen LogP) is 4.08. The minimum absolute atomic E-state index is 0.0715. The first kappa shape index (κ1) is 23.9. The van der Waals surface area contributed by atoms with Crippen molar-refractivity contribution in [3.05, 3.63) is 72.4 Å². The quantitative estimate of drug-likeness (QED) is 0.502. The van der Waals surface area contributed by atoms with Crippen molar-refractivity contribution >= 4 is 27.3 Å². The lowest BCUT2D eigenvalue weighted by molar-refractivity contribution is -0.154. The summed E-state index contributed by atoms with van der Waals surface area (Å²) in [4.78, 5) is 16.0. The number of benzene rings is 2. The number of hydrogen-bond acceptors (Lipinski definition) is 6. The number of sulfonamides is 1. The van der Waals surface area contributed by atoms with Gasteiger partial charge in [-0.2, -0.15) is 13.2 Å². The van der Waals surface area contributed by atoms with E-state index in [4.69, 9.17) is 4.74 Å². The van der Waals surface area contributed by atoms with Crippen LogP contribution in [0.3, 0.4) is 0 Å². The summed E-state index contributed by atoms with van der Waals surface area (Å²) < 4.78 is 73.8. The molecule has 8 nitrogen and oxygen atoms in total. The third-order valence-electron chi connectivity index (χ3n) is 4.16. The van der Waals surface area contributed by atoms with Crippen LogP contribution in [0.15, 0.2) is 71.8 Å².